The molecule has 2 aromatic carbocycles. The maximum Gasteiger partial charge on any atom is 0.328 e. The van der Waals surface area contributed by atoms with Crippen molar-refractivity contribution in [2.24, 2.45) is 5.92 Å². The molecule has 1 aliphatic heterocycles. The summed E-state index contributed by atoms with van der Waals surface area (Å²) in [6, 6.07) is 8.95. The lowest BCUT2D eigenvalue weighted by molar-refractivity contribution is 0.0837. The van der Waals surface area contributed by atoms with Crippen molar-refractivity contribution < 1.29 is 9.18 Å². The van der Waals surface area contributed by atoms with Gasteiger partial charge in [0, 0.05) is 30.3 Å². The maximum absolute atomic E-state index is 13.1. The number of piperidine rings is 1. The van der Waals surface area contributed by atoms with Crippen molar-refractivity contribution in [3.8, 4) is 0 Å². The summed E-state index contributed by atoms with van der Waals surface area (Å²) in [6.45, 7) is 2.21. The second-order valence-corrected chi connectivity index (χ2v) is 8.84. The monoisotopic (exact) mass is 534 g/mol. The number of likely N-dealkylation sites (tertiary alicyclic amines) is 1. The molecular formula is C22H22FIN4O3. The van der Waals surface area contributed by atoms with Gasteiger partial charge in [-0.25, -0.2) is 9.18 Å². The number of fused-ring (bicyclic) bond motifs is 1. The number of nitrogens with two attached hydrogens (primary N) is 1. The van der Waals surface area contributed by atoms with Crippen LogP contribution in [0.4, 0.5) is 10.1 Å². The van der Waals surface area contributed by atoms with E-state index in [0.29, 0.717) is 58.2 Å². The fourth-order valence-electron chi connectivity index (χ4n) is 4.02. The third-order valence-corrected chi connectivity index (χ3v) is 7.01. The number of benzene rings is 2. The standard InChI is InChI=1S/C22H22FIN4O3/c23-15-3-1-13(2-4-15)20(29)14-7-9-27(10-8-14)11-12-28-21(30)16-5-6-17(25)18(24)19(16)26-22(28)31/h1-6,14H,7-12,25H2,(H,26,31)/i24-2. The van der Waals surface area contributed by atoms with Gasteiger partial charge in [-0.05, 0) is 84.9 Å². The molecule has 1 aliphatic rings. The minimum absolute atomic E-state index is 0.0377. The molecule has 3 aromatic rings. The normalized spacial score (nSPS) is 15.4. The van der Waals surface area contributed by atoms with Crippen molar-refractivity contribution in [3.63, 3.8) is 0 Å². The van der Waals surface area contributed by atoms with Gasteiger partial charge in [0.1, 0.15) is 5.82 Å². The average Bonchev–Trinajstić information content (AvgIpc) is 2.77. The highest BCUT2D eigenvalue weighted by molar-refractivity contribution is 14.1. The van der Waals surface area contributed by atoms with Gasteiger partial charge >= 0.3 is 5.69 Å². The summed E-state index contributed by atoms with van der Waals surface area (Å²) in [5.41, 5.74) is 6.59. The minimum Gasteiger partial charge on any atom is -0.398 e. The fraction of sp³-hybridized carbons (Fsp3) is 0.318. The number of Topliss-reactive ketones (excluding diaryl/α,β-unsaturated/α-hetero) is 1. The van der Waals surface area contributed by atoms with Crippen molar-refractivity contribution >= 4 is 45.0 Å². The smallest absolute Gasteiger partial charge is 0.328 e. The van der Waals surface area contributed by atoms with Crippen LogP contribution in [0.3, 0.4) is 0 Å². The van der Waals surface area contributed by atoms with Crippen LogP contribution >= 0.6 is 22.6 Å². The Labute approximate surface area is 191 Å². The molecule has 2 heterocycles. The molecular weight excluding hydrogens is 512 g/mol. The van der Waals surface area contributed by atoms with Crippen molar-refractivity contribution in [2.45, 2.75) is 19.4 Å². The van der Waals surface area contributed by atoms with E-state index in [0.717, 1.165) is 0 Å². The molecule has 3 N–H and O–H groups in total. The molecule has 0 amide bonds. The molecule has 0 bridgehead atoms. The quantitative estimate of drug-likeness (QED) is 0.298. The van der Waals surface area contributed by atoms with Crippen LogP contribution < -0.4 is 17.0 Å². The largest absolute Gasteiger partial charge is 0.398 e. The van der Waals surface area contributed by atoms with Crippen LogP contribution in [0.15, 0.2) is 46.0 Å². The Hall–Kier alpha value is -2.53. The van der Waals surface area contributed by atoms with Crippen LogP contribution in [0.25, 0.3) is 10.9 Å². The Bertz CT molecular complexity index is 1240. The average molecular weight is 534 g/mol. The lowest BCUT2D eigenvalue weighted by Gasteiger charge is -2.31. The number of anilines is 1. The number of nitrogen functional groups attached to an aromatic ring is 1. The molecule has 0 atom stereocenters. The molecule has 0 aliphatic carbocycles. The number of nitrogens with one attached hydrogen (secondary N) is 1. The lowest BCUT2D eigenvalue weighted by Crippen LogP contribution is -2.42. The van der Waals surface area contributed by atoms with Gasteiger partial charge in [-0.15, -0.1) is 0 Å². The molecule has 0 radical (unpaired) electrons. The van der Waals surface area contributed by atoms with E-state index in [9.17, 15) is 18.8 Å². The van der Waals surface area contributed by atoms with Gasteiger partial charge in [0.2, 0.25) is 0 Å². The number of hydrogen-bond acceptors (Lipinski definition) is 5. The van der Waals surface area contributed by atoms with Gasteiger partial charge in [0.05, 0.1) is 14.5 Å². The summed E-state index contributed by atoms with van der Waals surface area (Å²) in [5, 5.41) is 0.432. The molecule has 9 heteroatoms. The van der Waals surface area contributed by atoms with Crippen LogP contribution in [0.1, 0.15) is 23.2 Å². The number of halogens is 2. The first-order chi connectivity index (χ1) is 14.8. The summed E-state index contributed by atoms with van der Waals surface area (Å²) in [6.07, 6.45) is 1.38. The van der Waals surface area contributed by atoms with E-state index in [1.807, 2.05) is 22.6 Å². The summed E-state index contributed by atoms with van der Waals surface area (Å²) in [5.74, 6) is -0.416. The number of hydrogen-bond donors (Lipinski definition) is 2. The molecule has 0 unspecified atom stereocenters. The molecule has 4 rings (SSSR count). The minimum atomic E-state index is -0.456. The van der Waals surface area contributed by atoms with E-state index in [2.05, 4.69) is 9.88 Å². The molecule has 1 aromatic heterocycles. The Kier molecular flexibility index (Phi) is 6.24. The Morgan fingerprint density at radius 2 is 1.77 bits per heavy atom. The molecule has 0 spiro atoms. The van der Waals surface area contributed by atoms with Crippen LogP contribution in [0.2, 0.25) is 0 Å². The summed E-state index contributed by atoms with van der Waals surface area (Å²) >= 11 is 2.02. The van der Waals surface area contributed by atoms with Crippen molar-refractivity contribution in [1.29, 1.82) is 0 Å². The number of H-pyrrole nitrogens is 1. The first-order valence-corrected chi connectivity index (χ1v) is 11.2. The van der Waals surface area contributed by atoms with E-state index in [1.165, 1.54) is 28.8 Å². The van der Waals surface area contributed by atoms with Gasteiger partial charge in [-0.2, -0.15) is 0 Å². The summed E-state index contributed by atoms with van der Waals surface area (Å²) < 4.78 is 14.9. The first-order valence-electron chi connectivity index (χ1n) is 10.1. The predicted molar refractivity (Wildman–Crippen MR) is 126 cm³/mol. The zero-order chi connectivity index (χ0) is 22.1. The Balaban J connectivity index is 1.41. The highest BCUT2D eigenvalue weighted by Gasteiger charge is 2.26. The van der Waals surface area contributed by atoms with Gasteiger partial charge in [-0.3, -0.25) is 14.2 Å². The molecule has 31 heavy (non-hydrogen) atoms. The van der Waals surface area contributed by atoms with E-state index in [4.69, 9.17) is 5.73 Å². The number of aromatic amines is 1. The van der Waals surface area contributed by atoms with Gasteiger partial charge in [0.25, 0.3) is 5.56 Å². The number of carbonyl (C=O) groups excluding carboxylic acids is 1. The summed E-state index contributed by atoms with van der Waals surface area (Å²) in [7, 11) is 0. The highest BCUT2D eigenvalue weighted by atomic mass is 125. The van der Waals surface area contributed by atoms with Gasteiger partial charge in [-0.1, -0.05) is 0 Å². The molecule has 0 saturated carbocycles. The third kappa shape index (κ3) is 4.42. The molecule has 162 valence electrons. The van der Waals surface area contributed by atoms with E-state index >= 15 is 0 Å². The first kappa shape index (κ1) is 21.7. The Morgan fingerprint density at radius 3 is 2.45 bits per heavy atom. The third-order valence-electron chi connectivity index (χ3n) is 5.85. The van der Waals surface area contributed by atoms with Crippen LogP contribution in [0.5, 0.6) is 0 Å². The van der Waals surface area contributed by atoms with Crippen molar-refractivity contribution in [3.05, 3.63) is 72.2 Å². The second kappa shape index (κ2) is 8.91. The predicted octanol–water partition coefficient (Wildman–Crippen LogP) is 2.61. The SMILES string of the molecule is Nc1ccc2c(=O)n(CCN3CCC(C(=O)c4ccc(F)cc4)CC3)c(=O)[nH]c2c1[125I]. The number of nitrogens with zero attached hydrogens (tertiary/aromatic N) is 2. The van der Waals surface area contributed by atoms with E-state index in [-0.39, 0.29) is 29.6 Å². The fourth-order valence-corrected chi connectivity index (χ4v) is 4.62. The molecule has 1 fully saturated rings. The van der Waals surface area contributed by atoms with Crippen LogP contribution in [0, 0.1) is 15.3 Å². The number of ketones is 1. The molecule has 7 nitrogen and oxygen atoms in total. The lowest BCUT2D eigenvalue weighted by atomic mass is 9.89. The zero-order valence-corrected chi connectivity index (χ0v) is 18.9. The molecule has 1 saturated heterocycles. The van der Waals surface area contributed by atoms with Crippen LogP contribution in [-0.2, 0) is 6.54 Å². The topological polar surface area (TPSA) is 101 Å². The van der Waals surface area contributed by atoms with Crippen molar-refractivity contribution in [1.82, 2.24) is 14.5 Å². The van der Waals surface area contributed by atoms with E-state index in [1.54, 1.807) is 12.1 Å². The van der Waals surface area contributed by atoms with Crippen molar-refractivity contribution in [2.75, 3.05) is 25.4 Å². The summed E-state index contributed by atoms with van der Waals surface area (Å²) in [4.78, 5) is 42.8. The zero-order valence-electron chi connectivity index (χ0n) is 16.7. The number of carbonyl (C=O) groups is 1. The Morgan fingerprint density at radius 1 is 1.10 bits per heavy atom. The van der Waals surface area contributed by atoms with Crippen LogP contribution in [-0.4, -0.2) is 39.9 Å². The van der Waals surface area contributed by atoms with Gasteiger partial charge in [0.15, 0.2) is 5.78 Å². The maximum atomic E-state index is 13.1. The second-order valence-electron chi connectivity index (χ2n) is 7.77. The number of aromatic nitrogens is 2. The van der Waals surface area contributed by atoms with E-state index < -0.39 is 5.69 Å². The highest BCUT2D eigenvalue weighted by Crippen LogP contribution is 2.23. The van der Waals surface area contributed by atoms with Gasteiger partial charge < -0.3 is 15.6 Å². The number of rotatable bonds is 5.